The largest absolute Gasteiger partial charge is 0.324 e. The van der Waals surface area contributed by atoms with E-state index < -0.39 is 0 Å². The van der Waals surface area contributed by atoms with Gasteiger partial charge in [0.25, 0.3) is 0 Å². The van der Waals surface area contributed by atoms with Crippen molar-refractivity contribution >= 4 is 52.3 Å². The second-order valence-corrected chi connectivity index (χ2v) is 5.80. The van der Waals surface area contributed by atoms with Gasteiger partial charge in [0.15, 0.2) is 0 Å². The summed E-state index contributed by atoms with van der Waals surface area (Å²) in [6.45, 7) is 0. The van der Waals surface area contributed by atoms with Crippen molar-refractivity contribution in [1.82, 2.24) is 0 Å². The van der Waals surface area contributed by atoms with Crippen molar-refractivity contribution in [3.05, 3.63) is 51.5 Å². The normalized spacial score (nSPS) is 10.4. The Morgan fingerprint density at radius 2 is 1.50 bits per heavy atom. The zero-order chi connectivity index (χ0) is 13.1. The van der Waals surface area contributed by atoms with Crippen LogP contribution >= 0.6 is 46.6 Å². The number of nitrogen functional groups attached to an aromatic ring is 1. The molecule has 2 aromatic carbocycles. The van der Waals surface area contributed by atoms with Crippen molar-refractivity contribution in [1.29, 1.82) is 0 Å². The van der Waals surface area contributed by atoms with E-state index >= 15 is 0 Å². The Kier molecular flexibility index (Phi) is 4.65. The average Bonchev–Trinajstić information content (AvgIpc) is 2.35. The molecule has 0 aromatic heterocycles. The standard InChI is InChI=1S/C12H9Cl3N2S/c13-7-1-3-9(4-2-7)18-12-10(14)5-8(17-16)6-11(12)15/h1-6,17H,16H2. The van der Waals surface area contributed by atoms with E-state index in [9.17, 15) is 0 Å². The quantitative estimate of drug-likeness (QED) is 0.612. The first kappa shape index (κ1) is 13.8. The maximum Gasteiger partial charge on any atom is 0.0581 e. The van der Waals surface area contributed by atoms with Gasteiger partial charge in [0, 0.05) is 14.8 Å². The molecule has 0 saturated heterocycles. The molecule has 18 heavy (non-hydrogen) atoms. The Morgan fingerprint density at radius 3 is 2.00 bits per heavy atom. The van der Waals surface area contributed by atoms with Crippen LogP contribution in [0, 0.1) is 0 Å². The van der Waals surface area contributed by atoms with Crippen LogP contribution in [0.3, 0.4) is 0 Å². The summed E-state index contributed by atoms with van der Waals surface area (Å²) in [5.74, 6) is 5.32. The van der Waals surface area contributed by atoms with Crippen molar-refractivity contribution in [2.24, 2.45) is 5.84 Å². The first-order valence-corrected chi connectivity index (χ1v) is 6.94. The predicted octanol–water partition coefficient (Wildman–Crippen LogP) is 5.08. The van der Waals surface area contributed by atoms with Gasteiger partial charge in [-0.1, -0.05) is 46.6 Å². The van der Waals surface area contributed by atoms with Crippen LogP contribution in [-0.2, 0) is 0 Å². The molecule has 0 radical (unpaired) electrons. The number of rotatable bonds is 3. The smallest absolute Gasteiger partial charge is 0.0581 e. The Labute approximate surface area is 124 Å². The van der Waals surface area contributed by atoms with Gasteiger partial charge in [0.1, 0.15) is 0 Å². The Hall–Kier alpha value is -0.580. The van der Waals surface area contributed by atoms with Crippen molar-refractivity contribution in [3.63, 3.8) is 0 Å². The number of hydrogen-bond acceptors (Lipinski definition) is 3. The number of benzene rings is 2. The topological polar surface area (TPSA) is 38.0 Å². The molecule has 0 heterocycles. The third-order valence-corrected chi connectivity index (χ3v) is 4.42. The van der Waals surface area contributed by atoms with Gasteiger partial charge in [-0.25, -0.2) is 0 Å². The van der Waals surface area contributed by atoms with Crippen molar-refractivity contribution in [2.75, 3.05) is 5.43 Å². The minimum Gasteiger partial charge on any atom is -0.324 e. The lowest BCUT2D eigenvalue weighted by Gasteiger charge is -2.09. The van der Waals surface area contributed by atoms with Crippen LogP contribution in [0.2, 0.25) is 15.1 Å². The Balaban J connectivity index is 2.31. The van der Waals surface area contributed by atoms with Crippen LogP contribution in [0.15, 0.2) is 46.2 Å². The minimum absolute atomic E-state index is 0.551. The molecule has 94 valence electrons. The average molecular weight is 320 g/mol. The van der Waals surface area contributed by atoms with Crippen LogP contribution in [0.25, 0.3) is 0 Å². The van der Waals surface area contributed by atoms with Crippen LogP contribution in [0.4, 0.5) is 5.69 Å². The number of nitrogens with two attached hydrogens (primary N) is 1. The maximum absolute atomic E-state index is 6.17. The summed E-state index contributed by atoms with van der Waals surface area (Å²) in [7, 11) is 0. The van der Waals surface area contributed by atoms with Crippen molar-refractivity contribution in [3.8, 4) is 0 Å². The van der Waals surface area contributed by atoms with E-state index in [0.717, 1.165) is 9.79 Å². The van der Waals surface area contributed by atoms with Gasteiger partial charge in [-0.15, -0.1) is 0 Å². The van der Waals surface area contributed by atoms with E-state index in [1.807, 2.05) is 24.3 Å². The highest BCUT2D eigenvalue weighted by Gasteiger charge is 2.09. The van der Waals surface area contributed by atoms with Gasteiger partial charge in [0.2, 0.25) is 0 Å². The highest BCUT2D eigenvalue weighted by molar-refractivity contribution is 7.99. The number of hydrazine groups is 1. The molecule has 0 unspecified atom stereocenters. The number of anilines is 1. The molecule has 0 fully saturated rings. The first-order chi connectivity index (χ1) is 8.60. The molecule has 0 saturated carbocycles. The summed E-state index contributed by atoms with van der Waals surface area (Å²) in [5.41, 5.74) is 3.18. The highest BCUT2D eigenvalue weighted by atomic mass is 35.5. The third-order valence-electron chi connectivity index (χ3n) is 2.20. The number of nitrogens with one attached hydrogen (secondary N) is 1. The first-order valence-electron chi connectivity index (χ1n) is 4.99. The molecule has 0 atom stereocenters. The molecule has 0 amide bonds. The van der Waals surface area contributed by atoms with E-state index in [-0.39, 0.29) is 0 Å². The SMILES string of the molecule is NNc1cc(Cl)c(Sc2ccc(Cl)cc2)c(Cl)c1. The third kappa shape index (κ3) is 3.25. The molecule has 0 aliphatic carbocycles. The van der Waals surface area contributed by atoms with Crippen molar-refractivity contribution in [2.45, 2.75) is 9.79 Å². The van der Waals surface area contributed by atoms with Crippen LogP contribution in [-0.4, -0.2) is 0 Å². The molecule has 0 bridgehead atoms. The lowest BCUT2D eigenvalue weighted by Crippen LogP contribution is -2.06. The minimum atomic E-state index is 0.551. The molecule has 0 aliphatic heterocycles. The van der Waals surface area contributed by atoms with Crippen LogP contribution in [0.5, 0.6) is 0 Å². The van der Waals surface area contributed by atoms with E-state index in [4.69, 9.17) is 40.6 Å². The van der Waals surface area contributed by atoms with Gasteiger partial charge >= 0.3 is 0 Å². The summed E-state index contributed by atoms with van der Waals surface area (Å²) in [4.78, 5) is 1.80. The van der Waals surface area contributed by atoms with E-state index in [1.165, 1.54) is 11.8 Å². The van der Waals surface area contributed by atoms with Gasteiger partial charge in [0.05, 0.1) is 15.7 Å². The fourth-order valence-electron chi connectivity index (χ4n) is 1.36. The van der Waals surface area contributed by atoms with Crippen molar-refractivity contribution < 1.29 is 0 Å². The summed E-state index contributed by atoms with van der Waals surface area (Å²) in [5, 5.41) is 1.80. The molecule has 2 rings (SSSR count). The monoisotopic (exact) mass is 318 g/mol. The van der Waals surface area contributed by atoms with Gasteiger partial charge in [-0.2, -0.15) is 0 Å². The maximum atomic E-state index is 6.17. The Morgan fingerprint density at radius 1 is 0.944 bits per heavy atom. The van der Waals surface area contributed by atoms with E-state index in [1.54, 1.807) is 12.1 Å². The fourth-order valence-corrected chi connectivity index (χ4v) is 3.03. The summed E-state index contributed by atoms with van der Waals surface area (Å²) in [6, 6.07) is 10.9. The molecular weight excluding hydrogens is 311 g/mol. The zero-order valence-corrected chi connectivity index (χ0v) is 12.2. The van der Waals surface area contributed by atoms with E-state index in [0.29, 0.717) is 20.8 Å². The van der Waals surface area contributed by atoms with Gasteiger partial charge in [-0.3, -0.25) is 5.84 Å². The molecular formula is C12H9Cl3N2S. The number of hydrogen-bond donors (Lipinski definition) is 2. The van der Waals surface area contributed by atoms with Crippen LogP contribution in [0.1, 0.15) is 0 Å². The summed E-state index contributed by atoms with van der Waals surface area (Å²) >= 11 is 19.6. The lowest BCUT2D eigenvalue weighted by molar-refractivity contribution is 1.33. The summed E-state index contributed by atoms with van der Waals surface area (Å²) in [6.07, 6.45) is 0. The predicted molar refractivity (Wildman–Crippen MR) is 79.8 cm³/mol. The van der Waals surface area contributed by atoms with Crippen LogP contribution < -0.4 is 11.3 Å². The second kappa shape index (κ2) is 6.04. The fraction of sp³-hybridized carbons (Fsp3) is 0. The van der Waals surface area contributed by atoms with E-state index in [2.05, 4.69) is 5.43 Å². The molecule has 6 heteroatoms. The summed E-state index contributed by atoms with van der Waals surface area (Å²) < 4.78 is 0. The molecule has 0 aliphatic rings. The van der Waals surface area contributed by atoms with Gasteiger partial charge < -0.3 is 5.43 Å². The molecule has 0 spiro atoms. The zero-order valence-electron chi connectivity index (χ0n) is 9.08. The highest BCUT2D eigenvalue weighted by Crippen LogP contribution is 2.40. The van der Waals surface area contributed by atoms with Gasteiger partial charge in [-0.05, 0) is 36.4 Å². The Bertz CT molecular complexity index is 535. The number of halogens is 3. The second-order valence-electron chi connectivity index (χ2n) is 3.47. The molecule has 2 nitrogen and oxygen atoms in total. The molecule has 2 aromatic rings. The molecule has 3 N–H and O–H groups in total. The lowest BCUT2D eigenvalue weighted by atomic mass is 10.3.